The molecule has 0 aliphatic rings. The molecular weight excluding hydrogens is 315 g/mol. The number of hydrogen-bond donors (Lipinski definition) is 1. The van der Waals surface area contributed by atoms with Crippen LogP contribution in [0.4, 0.5) is 0 Å². The third kappa shape index (κ3) is 10.5. The van der Waals surface area contributed by atoms with E-state index in [0.29, 0.717) is 0 Å². The molecule has 1 aromatic rings. The molecule has 5 heteroatoms. The molecule has 0 fully saturated rings. The van der Waals surface area contributed by atoms with Gasteiger partial charge in [-0.1, -0.05) is 49.9 Å². The standard InChI is InChI=1S/C15H23ClN2.2ClH/c1-2-3-4-5-9-18-12-15(17)11-13-7-6-8-14(16)10-13;;/h6-8,10,12,15H,2-5,9,11,17H2,1H3;2*1H. The Morgan fingerprint density at radius 1 is 1.25 bits per heavy atom. The van der Waals surface area contributed by atoms with E-state index in [4.69, 9.17) is 17.3 Å². The summed E-state index contributed by atoms with van der Waals surface area (Å²) >= 11 is 5.93. The second-order valence-corrected chi connectivity index (χ2v) is 5.05. The van der Waals surface area contributed by atoms with Gasteiger partial charge in [-0.3, -0.25) is 4.99 Å². The highest BCUT2D eigenvalue weighted by Crippen LogP contribution is 2.11. The summed E-state index contributed by atoms with van der Waals surface area (Å²) in [5.41, 5.74) is 7.16. The van der Waals surface area contributed by atoms with Crippen LogP contribution in [0.2, 0.25) is 5.02 Å². The Labute approximate surface area is 140 Å². The van der Waals surface area contributed by atoms with E-state index in [2.05, 4.69) is 11.9 Å². The van der Waals surface area contributed by atoms with Crippen LogP contribution in [0.1, 0.15) is 38.2 Å². The lowest BCUT2D eigenvalue weighted by molar-refractivity contribution is 0.674. The van der Waals surface area contributed by atoms with Crippen molar-refractivity contribution in [3.8, 4) is 0 Å². The van der Waals surface area contributed by atoms with Gasteiger partial charge in [-0.25, -0.2) is 0 Å². The van der Waals surface area contributed by atoms with Gasteiger partial charge in [-0.2, -0.15) is 0 Å². The molecule has 0 amide bonds. The molecule has 0 aliphatic carbocycles. The lowest BCUT2D eigenvalue weighted by Gasteiger charge is -2.06. The zero-order chi connectivity index (χ0) is 13.2. The normalized spacial score (nSPS) is 11.8. The van der Waals surface area contributed by atoms with Gasteiger partial charge in [0.05, 0.1) is 0 Å². The van der Waals surface area contributed by atoms with Crippen molar-refractivity contribution in [3.05, 3.63) is 34.9 Å². The Balaban J connectivity index is 0. The van der Waals surface area contributed by atoms with Gasteiger partial charge < -0.3 is 5.73 Å². The van der Waals surface area contributed by atoms with Crippen molar-refractivity contribution in [2.24, 2.45) is 10.7 Å². The van der Waals surface area contributed by atoms with Gasteiger partial charge in [0.1, 0.15) is 0 Å². The van der Waals surface area contributed by atoms with E-state index in [1.807, 2.05) is 30.5 Å². The van der Waals surface area contributed by atoms with Crippen LogP contribution in [-0.4, -0.2) is 18.8 Å². The molecule has 1 aromatic carbocycles. The Morgan fingerprint density at radius 3 is 2.65 bits per heavy atom. The molecule has 0 saturated carbocycles. The number of nitrogens with zero attached hydrogens (tertiary/aromatic N) is 1. The first-order valence-electron chi connectivity index (χ1n) is 6.72. The van der Waals surface area contributed by atoms with Crippen LogP contribution in [0.25, 0.3) is 0 Å². The average molecular weight is 340 g/mol. The minimum absolute atomic E-state index is 0. The fourth-order valence-corrected chi connectivity index (χ4v) is 2.04. The molecular formula is C15H25Cl3N2. The smallest absolute Gasteiger partial charge is 0.0435 e. The largest absolute Gasteiger partial charge is 0.323 e. The fraction of sp³-hybridized carbons (Fsp3) is 0.533. The Kier molecular flexibility index (Phi) is 15.1. The lowest BCUT2D eigenvalue weighted by atomic mass is 10.1. The summed E-state index contributed by atoms with van der Waals surface area (Å²) in [5.74, 6) is 0. The second-order valence-electron chi connectivity index (χ2n) is 4.61. The highest BCUT2D eigenvalue weighted by Gasteiger charge is 2.01. The lowest BCUT2D eigenvalue weighted by Crippen LogP contribution is -2.24. The number of unbranched alkanes of at least 4 members (excludes halogenated alkanes) is 3. The van der Waals surface area contributed by atoms with E-state index >= 15 is 0 Å². The Bertz CT molecular complexity index is 370. The summed E-state index contributed by atoms with van der Waals surface area (Å²) in [6.07, 6.45) is 7.64. The fourth-order valence-electron chi connectivity index (χ4n) is 1.83. The van der Waals surface area contributed by atoms with Crippen molar-refractivity contribution in [1.82, 2.24) is 0 Å². The summed E-state index contributed by atoms with van der Waals surface area (Å²) < 4.78 is 0. The zero-order valence-electron chi connectivity index (χ0n) is 11.9. The molecule has 0 radical (unpaired) electrons. The minimum atomic E-state index is -0.0189. The first-order valence-corrected chi connectivity index (χ1v) is 7.10. The molecule has 1 unspecified atom stereocenters. The highest BCUT2D eigenvalue weighted by atomic mass is 35.5. The van der Waals surface area contributed by atoms with Gasteiger partial charge in [0.2, 0.25) is 0 Å². The van der Waals surface area contributed by atoms with Gasteiger partial charge in [-0.15, -0.1) is 24.8 Å². The molecule has 0 saturated heterocycles. The summed E-state index contributed by atoms with van der Waals surface area (Å²) in [5, 5.41) is 0.760. The maximum Gasteiger partial charge on any atom is 0.0435 e. The number of benzene rings is 1. The van der Waals surface area contributed by atoms with E-state index in [9.17, 15) is 0 Å². The number of hydrogen-bond acceptors (Lipinski definition) is 2. The number of aliphatic imine (C=N–C) groups is 1. The zero-order valence-corrected chi connectivity index (χ0v) is 14.3. The van der Waals surface area contributed by atoms with Crippen LogP contribution < -0.4 is 5.73 Å². The van der Waals surface area contributed by atoms with Crippen molar-refractivity contribution in [1.29, 1.82) is 0 Å². The van der Waals surface area contributed by atoms with Gasteiger partial charge in [0, 0.05) is 23.8 Å². The molecule has 116 valence electrons. The van der Waals surface area contributed by atoms with Crippen LogP contribution in [0.5, 0.6) is 0 Å². The maximum absolute atomic E-state index is 6.00. The molecule has 0 bridgehead atoms. The number of rotatable bonds is 8. The first-order chi connectivity index (χ1) is 8.72. The van der Waals surface area contributed by atoms with Gasteiger partial charge >= 0.3 is 0 Å². The monoisotopic (exact) mass is 338 g/mol. The summed E-state index contributed by atoms with van der Waals surface area (Å²) in [6, 6.07) is 7.80. The second kappa shape index (κ2) is 13.7. The molecule has 0 aromatic heterocycles. The highest BCUT2D eigenvalue weighted by molar-refractivity contribution is 6.30. The Hall–Kier alpha value is -0.280. The van der Waals surface area contributed by atoms with Crippen LogP contribution in [-0.2, 0) is 6.42 Å². The van der Waals surface area contributed by atoms with Crippen LogP contribution in [0, 0.1) is 0 Å². The van der Waals surface area contributed by atoms with E-state index in [1.54, 1.807) is 0 Å². The van der Waals surface area contributed by atoms with E-state index in [0.717, 1.165) is 30.0 Å². The molecule has 2 nitrogen and oxygen atoms in total. The van der Waals surface area contributed by atoms with Gasteiger partial charge in [0.25, 0.3) is 0 Å². The molecule has 1 rings (SSSR count). The third-order valence-corrected chi connectivity index (χ3v) is 3.03. The van der Waals surface area contributed by atoms with E-state index < -0.39 is 0 Å². The van der Waals surface area contributed by atoms with Crippen molar-refractivity contribution in [2.75, 3.05) is 6.54 Å². The minimum Gasteiger partial charge on any atom is -0.323 e. The quantitative estimate of drug-likeness (QED) is 0.541. The molecule has 2 N–H and O–H groups in total. The number of nitrogens with two attached hydrogens (primary N) is 1. The molecule has 0 heterocycles. The Morgan fingerprint density at radius 2 is 2.00 bits per heavy atom. The summed E-state index contributed by atoms with van der Waals surface area (Å²) in [6.45, 7) is 3.10. The average Bonchev–Trinajstić information content (AvgIpc) is 2.33. The van der Waals surface area contributed by atoms with Crippen molar-refractivity contribution < 1.29 is 0 Å². The van der Waals surface area contributed by atoms with Gasteiger partial charge in [0.15, 0.2) is 0 Å². The van der Waals surface area contributed by atoms with Gasteiger partial charge in [-0.05, 0) is 30.5 Å². The predicted octanol–water partition coefficient (Wildman–Crippen LogP) is 4.70. The predicted molar refractivity (Wildman–Crippen MR) is 95.1 cm³/mol. The van der Waals surface area contributed by atoms with Crippen molar-refractivity contribution >= 4 is 42.6 Å². The summed E-state index contributed by atoms with van der Waals surface area (Å²) in [7, 11) is 0. The van der Waals surface area contributed by atoms with E-state index in [1.165, 1.54) is 19.3 Å². The van der Waals surface area contributed by atoms with Crippen molar-refractivity contribution in [2.45, 2.75) is 45.1 Å². The molecule has 1 atom stereocenters. The number of halogens is 3. The van der Waals surface area contributed by atoms with Crippen molar-refractivity contribution in [3.63, 3.8) is 0 Å². The maximum atomic E-state index is 6.00. The molecule has 0 aliphatic heterocycles. The van der Waals surface area contributed by atoms with Crippen LogP contribution >= 0.6 is 36.4 Å². The first kappa shape index (κ1) is 22.0. The van der Waals surface area contributed by atoms with Crippen LogP contribution in [0.15, 0.2) is 29.3 Å². The topological polar surface area (TPSA) is 38.4 Å². The molecule has 20 heavy (non-hydrogen) atoms. The summed E-state index contributed by atoms with van der Waals surface area (Å²) in [4.78, 5) is 4.38. The third-order valence-electron chi connectivity index (χ3n) is 2.80. The van der Waals surface area contributed by atoms with Crippen LogP contribution in [0.3, 0.4) is 0 Å². The molecule has 0 spiro atoms. The SMILES string of the molecule is CCCCCCN=CC(N)Cc1cccc(Cl)c1.Cl.Cl. The van der Waals surface area contributed by atoms with E-state index in [-0.39, 0.29) is 30.9 Å².